The van der Waals surface area contributed by atoms with Gasteiger partial charge in [0.15, 0.2) is 0 Å². The Morgan fingerprint density at radius 3 is 2.29 bits per heavy atom. The third-order valence-corrected chi connectivity index (χ3v) is 4.67. The van der Waals surface area contributed by atoms with E-state index < -0.39 is 11.9 Å². The predicted molar refractivity (Wildman–Crippen MR) is 92.2 cm³/mol. The van der Waals surface area contributed by atoms with Crippen molar-refractivity contribution in [1.29, 1.82) is 0 Å². The number of nitrogens with one attached hydrogen (secondary N) is 2. The Labute approximate surface area is 142 Å². The van der Waals surface area contributed by atoms with Crippen molar-refractivity contribution in [1.82, 2.24) is 5.32 Å². The molecule has 6 nitrogen and oxygen atoms in total. The standard InChI is InChI=1S/C18H25N3O3/c1-4-10(2)15(16(19)22)21-17(23)12-5-7-13(8-6-12)20-18(24)14-9-11(14)3/h5-8,10-11,14-15H,4,9H2,1-3H3,(H2,19,22)(H,20,24)(H,21,23). The van der Waals surface area contributed by atoms with Crippen molar-refractivity contribution in [2.45, 2.75) is 39.7 Å². The van der Waals surface area contributed by atoms with Gasteiger partial charge in [0.25, 0.3) is 5.91 Å². The van der Waals surface area contributed by atoms with Crippen molar-refractivity contribution < 1.29 is 14.4 Å². The Kier molecular flexibility index (Phi) is 5.59. The fraction of sp³-hybridized carbons (Fsp3) is 0.500. The summed E-state index contributed by atoms with van der Waals surface area (Å²) in [5.41, 5.74) is 6.44. The molecule has 4 atom stereocenters. The van der Waals surface area contributed by atoms with E-state index in [1.807, 2.05) is 20.8 Å². The second-order valence-corrected chi connectivity index (χ2v) is 6.63. The SMILES string of the molecule is CCC(C)C(NC(=O)c1ccc(NC(=O)C2CC2C)cc1)C(N)=O. The van der Waals surface area contributed by atoms with Gasteiger partial charge in [-0.25, -0.2) is 0 Å². The first-order valence-electron chi connectivity index (χ1n) is 8.34. The molecule has 1 fully saturated rings. The third-order valence-electron chi connectivity index (χ3n) is 4.67. The van der Waals surface area contributed by atoms with E-state index in [9.17, 15) is 14.4 Å². The number of carbonyl (C=O) groups is 3. The van der Waals surface area contributed by atoms with Crippen LogP contribution < -0.4 is 16.4 Å². The number of benzene rings is 1. The molecule has 0 bridgehead atoms. The Bertz CT molecular complexity index is 627. The largest absolute Gasteiger partial charge is 0.368 e. The van der Waals surface area contributed by atoms with Crippen molar-refractivity contribution in [3.05, 3.63) is 29.8 Å². The second kappa shape index (κ2) is 7.47. The Hall–Kier alpha value is -2.37. The molecule has 0 saturated heterocycles. The summed E-state index contributed by atoms with van der Waals surface area (Å²) >= 11 is 0. The molecule has 2 rings (SSSR count). The second-order valence-electron chi connectivity index (χ2n) is 6.63. The van der Waals surface area contributed by atoms with Gasteiger partial charge in [0, 0.05) is 17.2 Å². The monoisotopic (exact) mass is 331 g/mol. The highest BCUT2D eigenvalue weighted by molar-refractivity contribution is 5.98. The van der Waals surface area contributed by atoms with Gasteiger partial charge in [-0.05, 0) is 42.5 Å². The molecule has 6 heteroatoms. The highest BCUT2D eigenvalue weighted by atomic mass is 16.2. The summed E-state index contributed by atoms with van der Waals surface area (Å²) in [6, 6.07) is 5.91. The van der Waals surface area contributed by atoms with Crippen LogP contribution in [0.5, 0.6) is 0 Å². The fourth-order valence-corrected chi connectivity index (χ4v) is 2.58. The van der Waals surface area contributed by atoms with E-state index in [1.54, 1.807) is 24.3 Å². The molecule has 3 amide bonds. The number of carbonyl (C=O) groups excluding carboxylic acids is 3. The van der Waals surface area contributed by atoms with E-state index in [-0.39, 0.29) is 23.7 Å². The van der Waals surface area contributed by atoms with Crippen LogP contribution >= 0.6 is 0 Å². The van der Waals surface area contributed by atoms with Crippen LogP contribution in [0.2, 0.25) is 0 Å². The molecule has 0 heterocycles. The molecule has 0 aromatic heterocycles. The molecule has 24 heavy (non-hydrogen) atoms. The van der Waals surface area contributed by atoms with E-state index in [2.05, 4.69) is 10.6 Å². The Balaban J connectivity index is 1.97. The Morgan fingerprint density at radius 2 is 1.83 bits per heavy atom. The maximum Gasteiger partial charge on any atom is 0.251 e. The van der Waals surface area contributed by atoms with E-state index in [1.165, 1.54) is 0 Å². The third kappa shape index (κ3) is 4.34. The van der Waals surface area contributed by atoms with E-state index >= 15 is 0 Å². The molecule has 0 aliphatic heterocycles. The smallest absolute Gasteiger partial charge is 0.251 e. The van der Waals surface area contributed by atoms with Crippen molar-refractivity contribution >= 4 is 23.4 Å². The summed E-state index contributed by atoms with van der Waals surface area (Å²) in [6.45, 7) is 5.85. The minimum atomic E-state index is -0.696. The highest BCUT2D eigenvalue weighted by Crippen LogP contribution is 2.38. The normalized spacial score (nSPS) is 21.5. The first-order valence-corrected chi connectivity index (χ1v) is 8.34. The van der Waals surface area contributed by atoms with Crippen molar-refractivity contribution in [2.75, 3.05) is 5.32 Å². The van der Waals surface area contributed by atoms with Gasteiger partial charge in [-0.2, -0.15) is 0 Å². The molecule has 1 aromatic rings. The van der Waals surface area contributed by atoms with E-state index in [0.29, 0.717) is 17.2 Å². The van der Waals surface area contributed by atoms with Gasteiger partial charge < -0.3 is 16.4 Å². The van der Waals surface area contributed by atoms with E-state index in [4.69, 9.17) is 5.73 Å². The van der Waals surface area contributed by atoms with Crippen molar-refractivity contribution in [2.24, 2.45) is 23.5 Å². The van der Waals surface area contributed by atoms with Gasteiger partial charge in [0.1, 0.15) is 6.04 Å². The van der Waals surface area contributed by atoms with Gasteiger partial charge in [0.05, 0.1) is 0 Å². The summed E-state index contributed by atoms with van der Waals surface area (Å²) in [5.74, 6) is -0.370. The molecule has 1 saturated carbocycles. The summed E-state index contributed by atoms with van der Waals surface area (Å²) in [5, 5.41) is 5.52. The number of rotatable bonds is 7. The van der Waals surface area contributed by atoms with Crippen LogP contribution in [-0.2, 0) is 9.59 Å². The minimum Gasteiger partial charge on any atom is -0.368 e. The Morgan fingerprint density at radius 1 is 1.25 bits per heavy atom. The molecule has 1 aliphatic rings. The predicted octanol–water partition coefficient (Wildman–Crippen LogP) is 1.91. The maximum atomic E-state index is 12.3. The average Bonchev–Trinajstić information content (AvgIpc) is 3.29. The molecule has 0 radical (unpaired) electrons. The van der Waals surface area contributed by atoms with Crippen LogP contribution in [0.1, 0.15) is 44.0 Å². The molecule has 130 valence electrons. The van der Waals surface area contributed by atoms with Gasteiger partial charge in [-0.15, -0.1) is 0 Å². The molecular weight excluding hydrogens is 306 g/mol. The van der Waals surface area contributed by atoms with Crippen LogP contribution in [0, 0.1) is 17.8 Å². The molecule has 4 N–H and O–H groups in total. The molecular formula is C18H25N3O3. The van der Waals surface area contributed by atoms with Crippen molar-refractivity contribution in [3.63, 3.8) is 0 Å². The van der Waals surface area contributed by atoms with Crippen LogP contribution in [-0.4, -0.2) is 23.8 Å². The number of anilines is 1. The quantitative estimate of drug-likeness (QED) is 0.711. The zero-order chi connectivity index (χ0) is 17.9. The highest BCUT2D eigenvalue weighted by Gasteiger charge is 2.39. The lowest BCUT2D eigenvalue weighted by atomic mass is 9.98. The molecule has 0 spiro atoms. The number of hydrogen-bond donors (Lipinski definition) is 3. The topological polar surface area (TPSA) is 101 Å². The first kappa shape index (κ1) is 18.0. The van der Waals surface area contributed by atoms with Crippen molar-refractivity contribution in [3.8, 4) is 0 Å². The molecule has 1 aliphatic carbocycles. The number of amides is 3. The van der Waals surface area contributed by atoms with E-state index in [0.717, 1.165) is 12.8 Å². The summed E-state index contributed by atoms with van der Waals surface area (Å²) in [4.78, 5) is 35.7. The summed E-state index contributed by atoms with van der Waals surface area (Å²) < 4.78 is 0. The van der Waals surface area contributed by atoms with Gasteiger partial charge >= 0.3 is 0 Å². The molecule has 1 aromatic carbocycles. The lowest BCUT2D eigenvalue weighted by Gasteiger charge is -2.21. The number of nitrogens with two attached hydrogens (primary N) is 1. The lowest BCUT2D eigenvalue weighted by Crippen LogP contribution is -2.48. The van der Waals surface area contributed by atoms with Gasteiger partial charge in [-0.3, -0.25) is 14.4 Å². The summed E-state index contributed by atoms with van der Waals surface area (Å²) in [6.07, 6.45) is 1.66. The zero-order valence-corrected chi connectivity index (χ0v) is 14.3. The van der Waals surface area contributed by atoms with Crippen LogP contribution in [0.3, 0.4) is 0 Å². The maximum absolute atomic E-state index is 12.3. The fourth-order valence-electron chi connectivity index (χ4n) is 2.58. The molecule has 4 unspecified atom stereocenters. The lowest BCUT2D eigenvalue weighted by molar-refractivity contribution is -0.121. The first-order chi connectivity index (χ1) is 11.3. The average molecular weight is 331 g/mol. The van der Waals surface area contributed by atoms with Crippen LogP contribution in [0.4, 0.5) is 5.69 Å². The van der Waals surface area contributed by atoms with Crippen LogP contribution in [0.15, 0.2) is 24.3 Å². The zero-order valence-electron chi connectivity index (χ0n) is 14.3. The minimum absolute atomic E-state index is 0.0188. The number of primary amides is 1. The number of hydrogen-bond acceptors (Lipinski definition) is 3. The van der Waals surface area contributed by atoms with Crippen LogP contribution in [0.25, 0.3) is 0 Å². The van der Waals surface area contributed by atoms with Gasteiger partial charge in [0.2, 0.25) is 11.8 Å². The van der Waals surface area contributed by atoms with Gasteiger partial charge in [-0.1, -0.05) is 27.2 Å². The summed E-state index contributed by atoms with van der Waals surface area (Å²) in [7, 11) is 0.